The van der Waals surface area contributed by atoms with Gasteiger partial charge in [0.25, 0.3) is 0 Å². The second-order valence-electron chi connectivity index (χ2n) is 7.43. The van der Waals surface area contributed by atoms with Crippen LogP contribution in [0.1, 0.15) is 54.8 Å². The SMILES string of the molecule is CCc1nc(Cc2ccc(-c3ccccc3C(=O)O)cc2)n(CCC(C)C)n1. The molecule has 2 aromatic carbocycles. The van der Waals surface area contributed by atoms with Crippen LogP contribution in [0.4, 0.5) is 0 Å². The predicted molar refractivity (Wildman–Crippen MR) is 110 cm³/mol. The molecular formula is C23H27N3O2. The van der Waals surface area contributed by atoms with E-state index in [-0.39, 0.29) is 0 Å². The summed E-state index contributed by atoms with van der Waals surface area (Å²) in [4.78, 5) is 16.2. The van der Waals surface area contributed by atoms with Crippen molar-refractivity contribution in [2.45, 2.75) is 46.6 Å². The number of hydrogen-bond donors (Lipinski definition) is 1. The summed E-state index contributed by atoms with van der Waals surface area (Å²) in [6, 6.07) is 15.1. The number of aryl methyl sites for hydroxylation is 2. The Morgan fingerprint density at radius 3 is 2.46 bits per heavy atom. The van der Waals surface area contributed by atoms with Crippen molar-refractivity contribution >= 4 is 5.97 Å². The number of hydrogen-bond acceptors (Lipinski definition) is 3. The number of nitrogens with zero attached hydrogens (tertiary/aromatic N) is 3. The molecule has 0 amide bonds. The third-order valence-corrected chi connectivity index (χ3v) is 4.81. The van der Waals surface area contributed by atoms with Gasteiger partial charge in [0.05, 0.1) is 5.56 Å². The number of carboxylic acids is 1. The van der Waals surface area contributed by atoms with E-state index in [1.165, 1.54) is 0 Å². The quantitative estimate of drug-likeness (QED) is 0.610. The predicted octanol–water partition coefficient (Wildman–Crippen LogP) is 4.84. The van der Waals surface area contributed by atoms with Gasteiger partial charge in [0.1, 0.15) is 5.82 Å². The molecule has 3 rings (SSSR count). The number of rotatable bonds is 8. The molecule has 0 fully saturated rings. The maximum atomic E-state index is 11.5. The van der Waals surface area contributed by atoms with E-state index in [4.69, 9.17) is 4.98 Å². The van der Waals surface area contributed by atoms with Gasteiger partial charge in [-0.2, -0.15) is 5.10 Å². The van der Waals surface area contributed by atoms with Gasteiger partial charge < -0.3 is 5.11 Å². The zero-order valence-corrected chi connectivity index (χ0v) is 16.7. The van der Waals surface area contributed by atoms with Crippen LogP contribution in [0.5, 0.6) is 0 Å². The number of benzene rings is 2. The van der Waals surface area contributed by atoms with E-state index in [0.717, 1.165) is 47.7 Å². The molecule has 0 aliphatic heterocycles. The topological polar surface area (TPSA) is 68.0 Å². The number of carbonyl (C=O) groups is 1. The van der Waals surface area contributed by atoms with E-state index in [9.17, 15) is 9.90 Å². The third-order valence-electron chi connectivity index (χ3n) is 4.81. The minimum absolute atomic E-state index is 0.316. The fraction of sp³-hybridized carbons (Fsp3) is 0.348. The van der Waals surface area contributed by atoms with E-state index in [0.29, 0.717) is 17.9 Å². The van der Waals surface area contributed by atoms with Crippen LogP contribution in [0.25, 0.3) is 11.1 Å². The second kappa shape index (κ2) is 8.83. The van der Waals surface area contributed by atoms with Crippen molar-refractivity contribution in [1.82, 2.24) is 14.8 Å². The first-order valence-corrected chi connectivity index (χ1v) is 9.82. The lowest BCUT2D eigenvalue weighted by Crippen LogP contribution is -2.08. The standard InChI is InChI=1S/C23H27N3O2/c1-4-21-24-22(26(25-21)14-13-16(2)3)15-17-9-11-18(12-10-17)19-7-5-6-8-20(19)23(27)28/h5-12,16H,4,13-15H2,1-3H3,(H,27,28). The molecule has 0 unspecified atom stereocenters. The Balaban J connectivity index is 1.82. The number of carboxylic acid groups (broad SMARTS) is 1. The van der Waals surface area contributed by atoms with Crippen molar-refractivity contribution in [2.75, 3.05) is 0 Å². The Kier molecular flexibility index (Phi) is 6.24. The normalized spacial score (nSPS) is 11.1. The first-order chi connectivity index (χ1) is 13.5. The molecule has 3 aromatic rings. The minimum atomic E-state index is -0.912. The van der Waals surface area contributed by atoms with Gasteiger partial charge in [-0.05, 0) is 35.1 Å². The molecule has 0 bridgehead atoms. The zero-order valence-electron chi connectivity index (χ0n) is 16.7. The van der Waals surface area contributed by atoms with Gasteiger partial charge in [-0.15, -0.1) is 0 Å². The first-order valence-electron chi connectivity index (χ1n) is 9.82. The largest absolute Gasteiger partial charge is 0.478 e. The van der Waals surface area contributed by atoms with Gasteiger partial charge in [-0.1, -0.05) is 63.2 Å². The molecule has 5 heteroatoms. The van der Waals surface area contributed by atoms with Crippen molar-refractivity contribution < 1.29 is 9.90 Å². The first kappa shape index (κ1) is 19.8. The molecule has 146 valence electrons. The van der Waals surface area contributed by atoms with Crippen molar-refractivity contribution in [1.29, 1.82) is 0 Å². The van der Waals surface area contributed by atoms with Crippen LogP contribution < -0.4 is 0 Å². The highest BCUT2D eigenvalue weighted by Gasteiger charge is 2.13. The lowest BCUT2D eigenvalue weighted by molar-refractivity contribution is 0.0697. The van der Waals surface area contributed by atoms with Crippen molar-refractivity contribution in [3.05, 3.63) is 71.3 Å². The van der Waals surface area contributed by atoms with Gasteiger partial charge >= 0.3 is 5.97 Å². The van der Waals surface area contributed by atoms with Gasteiger partial charge in [0, 0.05) is 19.4 Å². The highest BCUT2D eigenvalue weighted by molar-refractivity contribution is 5.95. The van der Waals surface area contributed by atoms with Gasteiger partial charge in [-0.3, -0.25) is 0 Å². The Bertz CT molecular complexity index is 943. The number of aromatic nitrogens is 3. The summed E-state index contributed by atoms with van der Waals surface area (Å²) >= 11 is 0. The fourth-order valence-electron chi connectivity index (χ4n) is 3.17. The van der Waals surface area contributed by atoms with E-state index >= 15 is 0 Å². The zero-order chi connectivity index (χ0) is 20.1. The molecule has 0 spiro atoms. The molecule has 0 aliphatic rings. The van der Waals surface area contributed by atoms with E-state index in [1.54, 1.807) is 12.1 Å². The molecule has 0 aliphatic carbocycles. The van der Waals surface area contributed by atoms with E-state index < -0.39 is 5.97 Å². The van der Waals surface area contributed by atoms with Gasteiger partial charge in [0.15, 0.2) is 5.82 Å². The summed E-state index contributed by atoms with van der Waals surface area (Å²) in [5, 5.41) is 14.0. The number of aromatic carboxylic acids is 1. The van der Waals surface area contributed by atoms with Crippen LogP contribution in [-0.2, 0) is 19.4 Å². The second-order valence-corrected chi connectivity index (χ2v) is 7.43. The average molecular weight is 377 g/mol. The van der Waals surface area contributed by atoms with Crippen LogP contribution in [0.15, 0.2) is 48.5 Å². The van der Waals surface area contributed by atoms with E-state index in [2.05, 4.69) is 25.9 Å². The highest BCUT2D eigenvalue weighted by atomic mass is 16.4. The molecule has 0 radical (unpaired) electrons. The van der Waals surface area contributed by atoms with Crippen molar-refractivity contribution in [3.8, 4) is 11.1 Å². The van der Waals surface area contributed by atoms with Crippen LogP contribution >= 0.6 is 0 Å². The summed E-state index contributed by atoms with van der Waals surface area (Å²) in [5.41, 5.74) is 3.08. The third kappa shape index (κ3) is 4.66. The summed E-state index contributed by atoms with van der Waals surface area (Å²) in [6.07, 6.45) is 2.61. The summed E-state index contributed by atoms with van der Waals surface area (Å²) in [7, 11) is 0. The maximum absolute atomic E-state index is 11.5. The van der Waals surface area contributed by atoms with Crippen molar-refractivity contribution in [3.63, 3.8) is 0 Å². The smallest absolute Gasteiger partial charge is 0.336 e. The fourth-order valence-corrected chi connectivity index (χ4v) is 3.17. The average Bonchev–Trinajstić information content (AvgIpc) is 3.09. The molecule has 0 saturated heterocycles. The molecule has 0 atom stereocenters. The van der Waals surface area contributed by atoms with Gasteiger partial charge in [0.2, 0.25) is 0 Å². The van der Waals surface area contributed by atoms with Crippen LogP contribution in [-0.4, -0.2) is 25.8 Å². The molecule has 1 N–H and O–H groups in total. The molecule has 28 heavy (non-hydrogen) atoms. The Labute approximate surface area is 166 Å². The molecule has 5 nitrogen and oxygen atoms in total. The van der Waals surface area contributed by atoms with E-state index in [1.807, 2.05) is 41.1 Å². The summed E-state index contributed by atoms with van der Waals surface area (Å²) < 4.78 is 2.03. The van der Waals surface area contributed by atoms with Crippen molar-refractivity contribution in [2.24, 2.45) is 5.92 Å². The molecule has 1 aromatic heterocycles. The van der Waals surface area contributed by atoms with Gasteiger partial charge in [-0.25, -0.2) is 14.5 Å². The van der Waals surface area contributed by atoms with Crippen LogP contribution in [0.3, 0.4) is 0 Å². The van der Waals surface area contributed by atoms with Crippen LogP contribution in [0, 0.1) is 5.92 Å². The Morgan fingerprint density at radius 1 is 1.11 bits per heavy atom. The molecule has 0 saturated carbocycles. The monoisotopic (exact) mass is 377 g/mol. The minimum Gasteiger partial charge on any atom is -0.478 e. The van der Waals surface area contributed by atoms with Crippen LogP contribution in [0.2, 0.25) is 0 Å². The summed E-state index contributed by atoms with van der Waals surface area (Å²) in [6.45, 7) is 7.38. The molecular weight excluding hydrogens is 350 g/mol. The Morgan fingerprint density at radius 2 is 1.82 bits per heavy atom. The summed E-state index contributed by atoms with van der Waals surface area (Å²) in [5.74, 6) is 1.57. The highest BCUT2D eigenvalue weighted by Crippen LogP contribution is 2.24. The lowest BCUT2D eigenvalue weighted by atomic mass is 9.98. The maximum Gasteiger partial charge on any atom is 0.336 e. The lowest BCUT2D eigenvalue weighted by Gasteiger charge is -2.09. The Hall–Kier alpha value is -2.95. The molecule has 1 heterocycles.